The number of nitrogens with one attached hydrogen (secondary N) is 2. The maximum absolute atomic E-state index is 11.9. The average Bonchev–Trinajstić information content (AvgIpc) is 3.25. The lowest BCUT2D eigenvalue weighted by Gasteiger charge is -2.23. The molecule has 0 radical (unpaired) electrons. The lowest BCUT2D eigenvalue weighted by molar-refractivity contribution is 0.0507. The van der Waals surface area contributed by atoms with E-state index in [1.165, 1.54) is 12.8 Å². The van der Waals surface area contributed by atoms with Crippen LogP contribution in [0, 0.1) is 5.92 Å². The molecule has 1 saturated carbocycles. The number of guanidine groups is 1. The van der Waals surface area contributed by atoms with Gasteiger partial charge in [0.25, 0.3) is 0 Å². The van der Waals surface area contributed by atoms with E-state index in [2.05, 4.69) is 22.5 Å². The van der Waals surface area contributed by atoms with Crippen molar-refractivity contribution in [2.45, 2.75) is 65.0 Å². The van der Waals surface area contributed by atoms with E-state index in [0.717, 1.165) is 64.1 Å². The number of alkyl carbamates (subject to hydrolysis) is 1. The molecule has 2 rings (SSSR count). The smallest absolute Gasteiger partial charge is 0.407 e. The van der Waals surface area contributed by atoms with Gasteiger partial charge in [-0.2, -0.15) is 0 Å². The summed E-state index contributed by atoms with van der Waals surface area (Å²) in [5, 5.41) is 6.30. The number of likely N-dealkylation sites (tertiary alicyclic amines) is 1. The molecule has 1 amide bonds. The molecule has 26 heavy (non-hydrogen) atoms. The van der Waals surface area contributed by atoms with Gasteiger partial charge in [0, 0.05) is 39.4 Å². The fourth-order valence-electron chi connectivity index (χ4n) is 2.86. The van der Waals surface area contributed by atoms with E-state index in [1.54, 1.807) is 0 Å². The van der Waals surface area contributed by atoms with Crippen LogP contribution in [0.5, 0.6) is 0 Å². The van der Waals surface area contributed by atoms with Crippen LogP contribution in [0.15, 0.2) is 4.99 Å². The summed E-state index contributed by atoms with van der Waals surface area (Å²) in [5.41, 5.74) is -0.472. The zero-order valence-corrected chi connectivity index (χ0v) is 16.8. The predicted octanol–water partition coefficient (Wildman–Crippen LogP) is 2.37. The SMILES string of the molecule is CCNC(=NCCCOCC1CC1)N1CCC(NC(=O)OC(C)(C)C)C1. The van der Waals surface area contributed by atoms with Gasteiger partial charge in [-0.25, -0.2) is 4.79 Å². The third-order valence-corrected chi connectivity index (χ3v) is 4.30. The molecular weight excluding hydrogens is 332 g/mol. The monoisotopic (exact) mass is 368 g/mol. The first kappa shape index (κ1) is 20.8. The van der Waals surface area contributed by atoms with Crippen molar-refractivity contribution in [1.29, 1.82) is 0 Å². The lowest BCUT2D eigenvalue weighted by atomic mass is 10.2. The molecule has 1 saturated heterocycles. The minimum atomic E-state index is -0.472. The van der Waals surface area contributed by atoms with Crippen LogP contribution >= 0.6 is 0 Å². The number of ether oxygens (including phenoxy) is 2. The number of amides is 1. The summed E-state index contributed by atoms with van der Waals surface area (Å²) < 4.78 is 11.0. The first-order valence-electron chi connectivity index (χ1n) is 9.98. The second kappa shape index (κ2) is 10.00. The molecule has 0 spiro atoms. The Bertz CT molecular complexity index is 472. The molecule has 1 heterocycles. The van der Waals surface area contributed by atoms with Gasteiger partial charge in [-0.05, 0) is 59.3 Å². The highest BCUT2D eigenvalue weighted by atomic mass is 16.6. The molecule has 1 aliphatic carbocycles. The Kier molecular flexibility index (Phi) is 8.00. The highest BCUT2D eigenvalue weighted by Gasteiger charge is 2.27. The number of hydrogen-bond donors (Lipinski definition) is 2. The number of carbonyl (C=O) groups excluding carboxylic acids is 1. The lowest BCUT2D eigenvalue weighted by Crippen LogP contribution is -2.44. The van der Waals surface area contributed by atoms with Gasteiger partial charge in [0.15, 0.2) is 5.96 Å². The third kappa shape index (κ3) is 8.25. The van der Waals surface area contributed by atoms with E-state index in [9.17, 15) is 4.79 Å². The summed E-state index contributed by atoms with van der Waals surface area (Å²) in [6.45, 7) is 12.6. The summed E-state index contributed by atoms with van der Waals surface area (Å²) in [6, 6.07) is 0.0931. The summed E-state index contributed by atoms with van der Waals surface area (Å²) in [6.07, 6.45) is 4.15. The van der Waals surface area contributed by atoms with Crippen molar-refractivity contribution in [3.05, 3.63) is 0 Å². The molecule has 1 unspecified atom stereocenters. The van der Waals surface area contributed by atoms with Crippen molar-refractivity contribution in [3.8, 4) is 0 Å². The fraction of sp³-hybridized carbons (Fsp3) is 0.895. The highest BCUT2D eigenvalue weighted by Crippen LogP contribution is 2.28. The van der Waals surface area contributed by atoms with Crippen molar-refractivity contribution < 1.29 is 14.3 Å². The number of carbonyl (C=O) groups is 1. The van der Waals surface area contributed by atoms with Crippen molar-refractivity contribution in [2.24, 2.45) is 10.9 Å². The fourth-order valence-corrected chi connectivity index (χ4v) is 2.86. The van der Waals surface area contributed by atoms with Crippen LogP contribution in [-0.2, 0) is 9.47 Å². The molecule has 1 aliphatic heterocycles. The van der Waals surface area contributed by atoms with E-state index in [4.69, 9.17) is 14.5 Å². The predicted molar refractivity (Wildman–Crippen MR) is 103 cm³/mol. The minimum Gasteiger partial charge on any atom is -0.444 e. The van der Waals surface area contributed by atoms with E-state index in [1.807, 2.05) is 20.8 Å². The van der Waals surface area contributed by atoms with Gasteiger partial charge in [0.2, 0.25) is 0 Å². The van der Waals surface area contributed by atoms with Crippen molar-refractivity contribution in [2.75, 3.05) is 39.4 Å². The van der Waals surface area contributed by atoms with Crippen molar-refractivity contribution in [3.63, 3.8) is 0 Å². The molecule has 1 atom stereocenters. The Morgan fingerprint density at radius 2 is 2.04 bits per heavy atom. The standard InChI is InChI=1S/C19H36N4O3/c1-5-20-17(21-10-6-12-25-14-15-7-8-15)23-11-9-16(13-23)22-18(24)26-19(2,3)4/h15-16H,5-14H2,1-4H3,(H,20,21)(H,22,24). The highest BCUT2D eigenvalue weighted by molar-refractivity contribution is 5.80. The van der Waals surface area contributed by atoms with Crippen molar-refractivity contribution in [1.82, 2.24) is 15.5 Å². The largest absolute Gasteiger partial charge is 0.444 e. The van der Waals surface area contributed by atoms with Gasteiger partial charge >= 0.3 is 6.09 Å². The molecule has 2 N–H and O–H groups in total. The van der Waals surface area contributed by atoms with Gasteiger partial charge in [-0.15, -0.1) is 0 Å². The quantitative estimate of drug-likeness (QED) is 0.391. The van der Waals surface area contributed by atoms with E-state index >= 15 is 0 Å². The topological polar surface area (TPSA) is 75.2 Å². The number of nitrogens with zero attached hydrogens (tertiary/aromatic N) is 2. The second-order valence-corrected chi connectivity index (χ2v) is 8.19. The van der Waals surface area contributed by atoms with Crippen LogP contribution in [0.4, 0.5) is 4.79 Å². The van der Waals surface area contributed by atoms with Crippen LogP contribution in [0.3, 0.4) is 0 Å². The molecule has 2 fully saturated rings. The first-order valence-corrected chi connectivity index (χ1v) is 9.98. The number of aliphatic imine (C=N–C) groups is 1. The molecule has 7 heteroatoms. The summed E-state index contributed by atoms with van der Waals surface area (Å²) >= 11 is 0. The Hall–Kier alpha value is -1.50. The average molecular weight is 369 g/mol. The van der Waals surface area contributed by atoms with Crippen LogP contribution in [-0.4, -0.2) is 68.0 Å². The maximum atomic E-state index is 11.9. The van der Waals surface area contributed by atoms with E-state index in [0.29, 0.717) is 0 Å². The van der Waals surface area contributed by atoms with Crippen LogP contribution in [0.2, 0.25) is 0 Å². The van der Waals surface area contributed by atoms with Gasteiger partial charge in [-0.3, -0.25) is 4.99 Å². The molecule has 7 nitrogen and oxygen atoms in total. The van der Waals surface area contributed by atoms with Gasteiger partial charge in [0.05, 0.1) is 6.04 Å². The maximum Gasteiger partial charge on any atom is 0.407 e. The van der Waals surface area contributed by atoms with Crippen molar-refractivity contribution >= 4 is 12.1 Å². The summed E-state index contributed by atoms with van der Waals surface area (Å²) in [4.78, 5) is 18.8. The molecule has 2 aliphatic rings. The number of hydrogen-bond acceptors (Lipinski definition) is 4. The Morgan fingerprint density at radius 3 is 2.69 bits per heavy atom. The molecule has 0 bridgehead atoms. The molecule has 0 aromatic rings. The third-order valence-electron chi connectivity index (χ3n) is 4.30. The molecular formula is C19H36N4O3. The second-order valence-electron chi connectivity index (χ2n) is 8.19. The molecule has 0 aromatic carbocycles. The molecule has 0 aromatic heterocycles. The van der Waals surface area contributed by atoms with Crippen LogP contribution in [0.25, 0.3) is 0 Å². The summed E-state index contributed by atoms with van der Waals surface area (Å²) in [5.74, 6) is 1.73. The van der Waals surface area contributed by atoms with Gasteiger partial charge in [-0.1, -0.05) is 0 Å². The van der Waals surface area contributed by atoms with Crippen LogP contribution < -0.4 is 10.6 Å². The zero-order chi connectivity index (χ0) is 19.0. The molecule has 150 valence electrons. The number of rotatable bonds is 8. The Balaban J connectivity index is 1.70. The van der Waals surface area contributed by atoms with Gasteiger partial charge in [0.1, 0.15) is 5.60 Å². The zero-order valence-electron chi connectivity index (χ0n) is 16.8. The van der Waals surface area contributed by atoms with Gasteiger partial charge < -0.3 is 25.0 Å². The first-order chi connectivity index (χ1) is 12.4. The summed E-state index contributed by atoms with van der Waals surface area (Å²) in [7, 11) is 0. The van der Waals surface area contributed by atoms with E-state index < -0.39 is 5.60 Å². The Labute approximate surface area is 157 Å². The van der Waals surface area contributed by atoms with Crippen LogP contribution in [0.1, 0.15) is 53.4 Å². The minimum absolute atomic E-state index is 0.0931. The normalized spacial score (nSPS) is 21.0. The van der Waals surface area contributed by atoms with E-state index in [-0.39, 0.29) is 12.1 Å². The Morgan fingerprint density at radius 1 is 1.27 bits per heavy atom.